The standard InChI is InChI=1S/C10H18N4/c1-4-9-7-12-10(13-8(9)2)14(3)6-5-11/h7H,4-6,11H2,1-3H3. The van der Waals surface area contributed by atoms with Gasteiger partial charge in [0.25, 0.3) is 0 Å². The van der Waals surface area contributed by atoms with Gasteiger partial charge in [-0.05, 0) is 18.9 Å². The molecule has 0 amide bonds. The van der Waals surface area contributed by atoms with Gasteiger partial charge in [-0.25, -0.2) is 9.97 Å². The Kier molecular flexibility index (Phi) is 3.83. The molecule has 78 valence electrons. The molecule has 0 unspecified atom stereocenters. The Hall–Kier alpha value is -1.16. The molecule has 0 aliphatic carbocycles. The molecule has 0 radical (unpaired) electrons. The Balaban J connectivity index is 2.85. The highest BCUT2D eigenvalue weighted by molar-refractivity contribution is 5.31. The predicted molar refractivity (Wildman–Crippen MR) is 58.5 cm³/mol. The summed E-state index contributed by atoms with van der Waals surface area (Å²) in [7, 11) is 1.95. The summed E-state index contributed by atoms with van der Waals surface area (Å²) in [5, 5.41) is 0. The van der Waals surface area contributed by atoms with Crippen LogP contribution in [0.4, 0.5) is 5.95 Å². The van der Waals surface area contributed by atoms with Crippen molar-refractivity contribution < 1.29 is 0 Å². The molecular weight excluding hydrogens is 176 g/mol. The molecule has 1 aromatic heterocycles. The van der Waals surface area contributed by atoms with Crippen LogP contribution in [0.5, 0.6) is 0 Å². The van der Waals surface area contributed by atoms with Crippen LogP contribution in [0.2, 0.25) is 0 Å². The lowest BCUT2D eigenvalue weighted by molar-refractivity contribution is 0.833. The minimum Gasteiger partial charge on any atom is -0.343 e. The minimum absolute atomic E-state index is 0.619. The van der Waals surface area contributed by atoms with Crippen LogP contribution in [0.25, 0.3) is 0 Å². The largest absolute Gasteiger partial charge is 0.343 e. The van der Waals surface area contributed by atoms with Crippen molar-refractivity contribution in [2.75, 3.05) is 25.0 Å². The van der Waals surface area contributed by atoms with E-state index in [1.807, 2.05) is 25.1 Å². The molecule has 0 bridgehead atoms. The van der Waals surface area contributed by atoms with Crippen molar-refractivity contribution in [2.45, 2.75) is 20.3 Å². The average molecular weight is 194 g/mol. The number of hydrogen-bond donors (Lipinski definition) is 1. The van der Waals surface area contributed by atoms with Crippen LogP contribution >= 0.6 is 0 Å². The Morgan fingerprint density at radius 1 is 1.50 bits per heavy atom. The van der Waals surface area contributed by atoms with Crippen LogP contribution in [0.15, 0.2) is 6.20 Å². The van der Waals surface area contributed by atoms with Crippen molar-refractivity contribution in [2.24, 2.45) is 5.73 Å². The first-order valence-electron chi connectivity index (χ1n) is 4.92. The van der Waals surface area contributed by atoms with E-state index in [0.717, 1.165) is 24.6 Å². The van der Waals surface area contributed by atoms with Crippen molar-refractivity contribution in [3.05, 3.63) is 17.5 Å². The van der Waals surface area contributed by atoms with Crippen molar-refractivity contribution in [1.82, 2.24) is 9.97 Å². The molecule has 0 aliphatic heterocycles. The summed E-state index contributed by atoms with van der Waals surface area (Å²) in [6.45, 7) is 5.52. The molecule has 0 saturated heterocycles. The molecule has 14 heavy (non-hydrogen) atoms. The monoisotopic (exact) mass is 194 g/mol. The topological polar surface area (TPSA) is 55.0 Å². The summed E-state index contributed by atoms with van der Waals surface area (Å²) in [6, 6.07) is 0. The summed E-state index contributed by atoms with van der Waals surface area (Å²) < 4.78 is 0. The van der Waals surface area contributed by atoms with Crippen LogP contribution in [-0.4, -0.2) is 30.1 Å². The van der Waals surface area contributed by atoms with Gasteiger partial charge in [0.1, 0.15) is 0 Å². The zero-order chi connectivity index (χ0) is 10.6. The van der Waals surface area contributed by atoms with Gasteiger partial charge in [-0.15, -0.1) is 0 Å². The van der Waals surface area contributed by atoms with Crippen LogP contribution in [0.1, 0.15) is 18.2 Å². The molecule has 4 heteroatoms. The SMILES string of the molecule is CCc1cnc(N(C)CCN)nc1C. The highest BCUT2D eigenvalue weighted by atomic mass is 15.2. The minimum atomic E-state index is 0.619. The molecule has 1 rings (SSSR count). The summed E-state index contributed by atoms with van der Waals surface area (Å²) in [6.07, 6.45) is 2.87. The molecule has 0 spiro atoms. The lowest BCUT2D eigenvalue weighted by atomic mass is 10.2. The number of aryl methyl sites for hydroxylation is 2. The Labute approximate surface area is 85.2 Å². The van der Waals surface area contributed by atoms with Crippen LogP contribution in [0, 0.1) is 6.92 Å². The molecule has 1 aromatic rings. The van der Waals surface area contributed by atoms with Gasteiger partial charge in [-0.3, -0.25) is 0 Å². The van der Waals surface area contributed by atoms with Crippen LogP contribution in [0.3, 0.4) is 0 Å². The number of aromatic nitrogens is 2. The van der Waals surface area contributed by atoms with Gasteiger partial charge in [0.05, 0.1) is 0 Å². The average Bonchev–Trinajstić information content (AvgIpc) is 2.18. The second-order valence-corrected chi connectivity index (χ2v) is 3.34. The normalized spacial score (nSPS) is 10.3. The van der Waals surface area contributed by atoms with Gasteiger partial charge < -0.3 is 10.6 Å². The molecule has 1 heterocycles. The van der Waals surface area contributed by atoms with E-state index in [4.69, 9.17) is 5.73 Å². The van der Waals surface area contributed by atoms with E-state index in [9.17, 15) is 0 Å². The molecule has 0 aromatic carbocycles. The zero-order valence-corrected chi connectivity index (χ0v) is 9.12. The van der Waals surface area contributed by atoms with E-state index < -0.39 is 0 Å². The van der Waals surface area contributed by atoms with Gasteiger partial charge in [0, 0.05) is 32.0 Å². The third-order valence-electron chi connectivity index (χ3n) is 2.26. The van der Waals surface area contributed by atoms with Crippen LogP contribution < -0.4 is 10.6 Å². The number of nitrogens with two attached hydrogens (primary N) is 1. The fourth-order valence-electron chi connectivity index (χ4n) is 1.30. The first-order valence-corrected chi connectivity index (χ1v) is 4.92. The van der Waals surface area contributed by atoms with Crippen molar-refractivity contribution in [3.8, 4) is 0 Å². The molecule has 0 saturated carbocycles. The summed E-state index contributed by atoms with van der Waals surface area (Å²) in [4.78, 5) is 10.7. The highest BCUT2D eigenvalue weighted by Gasteiger charge is 2.05. The number of hydrogen-bond acceptors (Lipinski definition) is 4. The third-order valence-corrected chi connectivity index (χ3v) is 2.26. The Bertz CT molecular complexity index is 298. The number of anilines is 1. The fraction of sp³-hybridized carbons (Fsp3) is 0.600. The van der Waals surface area contributed by atoms with Crippen LogP contribution in [-0.2, 0) is 6.42 Å². The number of nitrogens with zero attached hydrogens (tertiary/aromatic N) is 3. The van der Waals surface area contributed by atoms with E-state index >= 15 is 0 Å². The van der Waals surface area contributed by atoms with E-state index in [-0.39, 0.29) is 0 Å². The van der Waals surface area contributed by atoms with Gasteiger partial charge in [0.15, 0.2) is 0 Å². The van der Waals surface area contributed by atoms with Gasteiger partial charge >= 0.3 is 0 Å². The fourth-order valence-corrected chi connectivity index (χ4v) is 1.30. The highest BCUT2D eigenvalue weighted by Crippen LogP contribution is 2.09. The first-order chi connectivity index (χ1) is 6.69. The van der Waals surface area contributed by atoms with Gasteiger partial charge in [-0.1, -0.05) is 6.92 Å². The van der Waals surface area contributed by atoms with E-state index in [1.54, 1.807) is 0 Å². The van der Waals surface area contributed by atoms with E-state index in [2.05, 4.69) is 16.9 Å². The van der Waals surface area contributed by atoms with Gasteiger partial charge in [0.2, 0.25) is 5.95 Å². The maximum absolute atomic E-state index is 5.46. The quantitative estimate of drug-likeness (QED) is 0.768. The lowest BCUT2D eigenvalue weighted by Gasteiger charge is -2.16. The molecule has 2 N–H and O–H groups in total. The summed E-state index contributed by atoms with van der Waals surface area (Å²) in [5.74, 6) is 0.755. The summed E-state index contributed by atoms with van der Waals surface area (Å²) >= 11 is 0. The van der Waals surface area contributed by atoms with Crippen molar-refractivity contribution in [1.29, 1.82) is 0 Å². The first kappa shape index (κ1) is 10.9. The lowest BCUT2D eigenvalue weighted by Crippen LogP contribution is -2.26. The molecule has 4 nitrogen and oxygen atoms in total. The maximum atomic E-state index is 5.46. The van der Waals surface area contributed by atoms with Crippen molar-refractivity contribution in [3.63, 3.8) is 0 Å². The second kappa shape index (κ2) is 4.91. The predicted octanol–water partition coefficient (Wildman–Crippen LogP) is 0.742. The van der Waals surface area contributed by atoms with Gasteiger partial charge in [-0.2, -0.15) is 0 Å². The second-order valence-electron chi connectivity index (χ2n) is 3.34. The number of rotatable bonds is 4. The zero-order valence-electron chi connectivity index (χ0n) is 9.12. The summed E-state index contributed by atoms with van der Waals surface area (Å²) in [5.41, 5.74) is 7.72. The third kappa shape index (κ3) is 2.42. The molecular formula is C10H18N4. The van der Waals surface area contributed by atoms with Crippen molar-refractivity contribution >= 4 is 5.95 Å². The van der Waals surface area contributed by atoms with E-state index in [1.165, 1.54) is 5.56 Å². The Morgan fingerprint density at radius 3 is 2.71 bits per heavy atom. The maximum Gasteiger partial charge on any atom is 0.225 e. The molecule has 0 atom stereocenters. The molecule has 0 aliphatic rings. The smallest absolute Gasteiger partial charge is 0.225 e. The number of likely N-dealkylation sites (N-methyl/N-ethyl adjacent to an activating group) is 1. The van der Waals surface area contributed by atoms with E-state index in [0.29, 0.717) is 6.54 Å². The Morgan fingerprint density at radius 2 is 2.21 bits per heavy atom. The molecule has 0 fully saturated rings.